The van der Waals surface area contributed by atoms with Gasteiger partial charge in [0.25, 0.3) is 0 Å². The van der Waals surface area contributed by atoms with E-state index in [0.717, 1.165) is 5.16 Å². The van der Waals surface area contributed by atoms with Crippen molar-refractivity contribution >= 4 is 29.7 Å². The maximum absolute atomic E-state index is 4.02. The van der Waals surface area contributed by atoms with E-state index in [1.165, 1.54) is 17.1 Å². The van der Waals surface area contributed by atoms with Crippen molar-refractivity contribution in [3.05, 3.63) is 12.4 Å². The van der Waals surface area contributed by atoms with Crippen molar-refractivity contribution in [3.63, 3.8) is 0 Å². The summed E-state index contributed by atoms with van der Waals surface area (Å²) in [4.78, 5) is 3.86. The number of thiol groups is 1. The molecule has 0 saturated carbocycles. The number of nitrogens with zero attached hydrogens (tertiary/aromatic N) is 2. The fourth-order valence-corrected chi connectivity index (χ4v) is 0.740. The molecular formula is C3H5AsN2S. The van der Waals surface area contributed by atoms with Gasteiger partial charge in [-0.25, -0.2) is 0 Å². The Kier molecular flexibility index (Phi) is 1.45. The molecule has 0 aliphatic carbocycles. The van der Waals surface area contributed by atoms with Gasteiger partial charge in [-0.3, -0.25) is 0 Å². The fourth-order valence-electron chi connectivity index (χ4n) is 0.305. The summed E-state index contributed by atoms with van der Waals surface area (Å²) in [6.45, 7) is 0. The minimum atomic E-state index is 0.778. The second kappa shape index (κ2) is 1.93. The first kappa shape index (κ1) is 5.26. The Bertz CT molecular complexity index is 145. The first-order chi connectivity index (χ1) is 3.30. The molecular weight excluding hydrogens is 171 g/mol. The van der Waals surface area contributed by atoms with Gasteiger partial charge < -0.3 is 0 Å². The van der Waals surface area contributed by atoms with Crippen molar-refractivity contribution in [2.24, 2.45) is 0 Å². The van der Waals surface area contributed by atoms with Gasteiger partial charge in [0.05, 0.1) is 0 Å². The van der Waals surface area contributed by atoms with Crippen LogP contribution in [0.1, 0.15) is 0 Å². The molecule has 1 aromatic heterocycles. The summed E-state index contributed by atoms with van der Waals surface area (Å²) >= 11 is 5.50. The predicted octanol–water partition coefficient (Wildman–Crippen LogP) is -0.432. The van der Waals surface area contributed by atoms with E-state index in [-0.39, 0.29) is 0 Å². The molecule has 0 N–H and O–H groups in total. The van der Waals surface area contributed by atoms with E-state index in [2.05, 4.69) is 17.6 Å². The van der Waals surface area contributed by atoms with Crippen LogP contribution < -0.4 is 0 Å². The number of hydrogen-bond acceptors (Lipinski definition) is 2. The van der Waals surface area contributed by atoms with Crippen molar-refractivity contribution in [2.45, 2.75) is 5.16 Å². The third kappa shape index (κ3) is 1.01. The molecule has 1 heterocycles. The summed E-state index contributed by atoms with van der Waals surface area (Å²) in [6.07, 6.45) is 3.60. The van der Waals surface area contributed by atoms with Gasteiger partial charge in [-0.05, 0) is 0 Å². The average molecular weight is 176 g/mol. The van der Waals surface area contributed by atoms with Crippen LogP contribution in [-0.4, -0.2) is 25.5 Å². The zero-order chi connectivity index (χ0) is 5.28. The molecule has 38 valence electrons. The molecule has 2 nitrogen and oxygen atoms in total. The Labute approximate surface area is 56.1 Å². The molecule has 0 spiro atoms. The van der Waals surface area contributed by atoms with Gasteiger partial charge in [0.1, 0.15) is 0 Å². The molecule has 0 fully saturated rings. The molecule has 1 rings (SSSR count). The summed E-state index contributed by atoms with van der Waals surface area (Å²) < 4.78 is 1.90. The normalized spacial score (nSPS) is 9.43. The van der Waals surface area contributed by atoms with E-state index in [9.17, 15) is 0 Å². The van der Waals surface area contributed by atoms with Crippen molar-refractivity contribution < 1.29 is 0 Å². The quantitative estimate of drug-likeness (QED) is 0.419. The minimum absolute atomic E-state index is 0.778. The molecule has 0 aliphatic rings. The van der Waals surface area contributed by atoms with Crippen LogP contribution in [0.2, 0.25) is 0 Å². The number of aromatic nitrogens is 2. The van der Waals surface area contributed by atoms with Gasteiger partial charge in [-0.2, -0.15) is 0 Å². The zero-order valence-electron chi connectivity index (χ0n) is 3.57. The standard InChI is InChI=1S/C3H5AsN2S/c4-6-2-1-5-3(6)7/h1-2H,4H2,(H,5,7). The van der Waals surface area contributed by atoms with Crippen LogP contribution in [0.15, 0.2) is 17.6 Å². The molecule has 1 unspecified atom stereocenters. The molecule has 0 aliphatic heterocycles. The molecule has 4 heteroatoms. The van der Waals surface area contributed by atoms with E-state index in [0.29, 0.717) is 0 Å². The molecule has 0 amide bonds. The molecule has 0 bridgehead atoms. The number of rotatable bonds is 0. The van der Waals surface area contributed by atoms with E-state index in [4.69, 9.17) is 0 Å². The Hall–Kier alpha value is 0.118. The van der Waals surface area contributed by atoms with Crippen molar-refractivity contribution in [1.82, 2.24) is 8.47 Å². The summed E-state index contributed by atoms with van der Waals surface area (Å²) in [5.41, 5.74) is 0. The number of hydrogen-bond donors (Lipinski definition) is 1. The van der Waals surface area contributed by atoms with Crippen LogP contribution in [0.25, 0.3) is 0 Å². The third-order valence-corrected chi connectivity index (χ3v) is 2.32. The average Bonchev–Trinajstić information content (AvgIpc) is 1.91. The van der Waals surface area contributed by atoms with Gasteiger partial charge in [0.15, 0.2) is 0 Å². The van der Waals surface area contributed by atoms with Crippen molar-refractivity contribution in [2.75, 3.05) is 0 Å². The Morgan fingerprint density at radius 1 is 1.86 bits per heavy atom. The zero-order valence-corrected chi connectivity index (χ0v) is 6.89. The maximum atomic E-state index is 4.02. The van der Waals surface area contributed by atoms with Crippen LogP contribution in [-0.2, 0) is 0 Å². The van der Waals surface area contributed by atoms with Gasteiger partial charge in [0, 0.05) is 0 Å². The second-order valence-electron chi connectivity index (χ2n) is 1.13. The first-order valence-corrected chi connectivity index (χ1v) is 3.31. The summed E-state index contributed by atoms with van der Waals surface area (Å²) in [7, 11) is 0. The van der Waals surface area contributed by atoms with Gasteiger partial charge in [0.2, 0.25) is 0 Å². The molecule has 1 atom stereocenters. The molecule has 0 aromatic carbocycles. The predicted molar refractivity (Wildman–Crippen MR) is 33.4 cm³/mol. The Morgan fingerprint density at radius 3 is 2.71 bits per heavy atom. The third-order valence-electron chi connectivity index (χ3n) is 0.648. The first-order valence-electron chi connectivity index (χ1n) is 1.78. The molecule has 1 aromatic rings. The van der Waals surface area contributed by atoms with E-state index >= 15 is 0 Å². The monoisotopic (exact) mass is 176 g/mol. The van der Waals surface area contributed by atoms with Gasteiger partial charge >= 0.3 is 55.7 Å². The van der Waals surface area contributed by atoms with Crippen LogP contribution in [0, 0.1) is 0 Å². The summed E-state index contributed by atoms with van der Waals surface area (Å²) in [5.74, 6) is 0. The SMILES string of the molecule is Sc1nccn1[AsH2]. The molecule has 0 radical (unpaired) electrons. The molecule has 7 heavy (non-hydrogen) atoms. The topological polar surface area (TPSA) is 17.8 Å². The summed E-state index contributed by atoms with van der Waals surface area (Å²) in [5, 5.41) is 0.778. The second-order valence-corrected chi connectivity index (χ2v) is 2.70. The molecule has 0 saturated heterocycles. The fraction of sp³-hybridized carbons (Fsp3) is 0. The van der Waals surface area contributed by atoms with Crippen LogP contribution >= 0.6 is 12.6 Å². The van der Waals surface area contributed by atoms with Crippen molar-refractivity contribution in [3.8, 4) is 0 Å². The van der Waals surface area contributed by atoms with Crippen LogP contribution in [0.3, 0.4) is 0 Å². The van der Waals surface area contributed by atoms with Crippen molar-refractivity contribution in [1.29, 1.82) is 0 Å². The van der Waals surface area contributed by atoms with Crippen LogP contribution in [0.5, 0.6) is 0 Å². The summed E-state index contributed by atoms with van der Waals surface area (Å²) in [6, 6.07) is 0. The number of imidazole rings is 1. The van der Waals surface area contributed by atoms with E-state index in [1.54, 1.807) is 6.20 Å². The van der Waals surface area contributed by atoms with Crippen LogP contribution in [0.4, 0.5) is 0 Å². The van der Waals surface area contributed by atoms with E-state index in [1.807, 2.05) is 9.68 Å². The van der Waals surface area contributed by atoms with Gasteiger partial charge in [-0.1, -0.05) is 0 Å². The van der Waals surface area contributed by atoms with E-state index < -0.39 is 0 Å². The Morgan fingerprint density at radius 2 is 2.57 bits per heavy atom. The Balaban J connectivity index is 3.12. The van der Waals surface area contributed by atoms with Gasteiger partial charge in [-0.15, -0.1) is 0 Å².